The number of carboxylic acid groups (broad SMARTS) is 1. The summed E-state index contributed by atoms with van der Waals surface area (Å²) in [6.45, 7) is 0.426. The van der Waals surface area contributed by atoms with Crippen molar-refractivity contribution in [2.45, 2.75) is 19.4 Å². The highest BCUT2D eigenvalue weighted by atomic mass is 79.9. The average molecular weight is 434 g/mol. The maximum Gasteiger partial charge on any atom is 0.303 e. The monoisotopic (exact) mass is 433 g/mol. The normalized spacial score (nSPS) is 10.5. The van der Waals surface area contributed by atoms with E-state index in [4.69, 9.17) is 9.84 Å². The fourth-order valence-electron chi connectivity index (χ4n) is 2.18. The van der Waals surface area contributed by atoms with Crippen molar-refractivity contribution in [3.63, 3.8) is 0 Å². The number of benzene rings is 1. The van der Waals surface area contributed by atoms with E-state index in [1.54, 1.807) is 6.20 Å². The van der Waals surface area contributed by atoms with Gasteiger partial charge < -0.3 is 15.2 Å². The summed E-state index contributed by atoms with van der Waals surface area (Å²) < 4.78 is 6.72. The van der Waals surface area contributed by atoms with Gasteiger partial charge in [0.1, 0.15) is 6.61 Å². The van der Waals surface area contributed by atoms with Crippen molar-refractivity contribution in [1.29, 1.82) is 0 Å². The number of nitrogens with one attached hydrogen (secondary N) is 1. The van der Waals surface area contributed by atoms with Crippen molar-refractivity contribution in [1.82, 2.24) is 9.97 Å². The van der Waals surface area contributed by atoms with Crippen molar-refractivity contribution >= 4 is 44.2 Å². The number of carbonyl (C=O) groups is 1. The first-order valence-corrected chi connectivity index (χ1v) is 9.53. The van der Waals surface area contributed by atoms with Gasteiger partial charge in [-0.25, -0.2) is 9.97 Å². The topological polar surface area (TPSA) is 84.3 Å². The Hall–Kier alpha value is -2.45. The molecule has 0 radical (unpaired) electrons. The van der Waals surface area contributed by atoms with Gasteiger partial charge in [-0.2, -0.15) is 0 Å². The summed E-state index contributed by atoms with van der Waals surface area (Å²) in [7, 11) is 0. The minimum absolute atomic E-state index is 0.0607. The molecule has 0 unspecified atom stereocenters. The number of hydrogen-bond donors (Lipinski definition) is 2. The van der Waals surface area contributed by atoms with Crippen LogP contribution in [0.1, 0.15) is 17.7 Å². The van der Waals surface area contributed by atoms with Crippen LogP contribution in [0.4, 0.5) is 10.9 Å². The second-order valence-electron chi connectivity index (χ2n) is 5.44. The second-order valence-corrected chi connectivity index (χ2v) is 7.21. The van der Waals surface area contributed by atoms with Crippen LogP contribution in [0, 0.1) is 0 Å². The first-order chi connectivity index (χ1) is 12.6. The highest BCUT2D eigenvalue weighted by molar-refractivity contribution is 9.10. The highest BCUT2D eigenvalue weighted by Gasteiger charge is 2.11. The SMILES string of the molecule is O=C(O)CCc1csc(Nc2ncc(Br)cc2OCc2ccccc2)n1. The van der Waals surface area contributed by atoms with E-state index in [0.717, 1.165) is 15.7 Å². The lowest BCUT2D eigenvalue weighted by Gasteiger charge is -2.11. The van der Waals surface area contributed by atoms with Gasteiger partial charge in [0, 0.05) is 22.5 Å². The van der Waals surface area contributed by atoms with Crippen LogP contribution in [0.15, 0.2) is 52.4 Å². The third-order valence-corrected chi connectivity index (χ3v) is 4.67. The molecule has 2 heterocycles. The van der Waals surface area contributed by atoms with Crippen LogP contribution in [0.2, 0.25) is 0 Å². The standard InChI is InChI=1S/C18H16BrN3O3S/c19-13-8-15(25-10-12-4-2-1-3-5-12)17(20-9-13)22-18-21-14(11-26-18)6-7-16(23)24/h1-5,8-9,11H,6-7,10H2,(H,23,24)(H,20,21,22). The maximum atomic E-state index is 10.7. The summed E-state index contributed by atoms with van der Waals surface area (Å²) in [5.41, 5.74) is 1.80. The van der Waals surface area contributed by atoms with Gasteiger partial charge in [-0.3, -0.25) is 4.79 Å². The maximum absolute atomic E-state index is 10.7. The van der Waals surface area contributed by atoms with Crippen molar-refractivity contribution in [2.75, 3.05) is 5.32 Å². The smallest absolute Gasteiger partial charge is 0.303 e. The van der Waals surface area contributed by atoms with E-state index in [1.807, 2.05) is 41.8 Å². The molecule has 3 rings (SSSR count). The Labute approximate surface area is 163 Å². The van der Waals surface area contributed by atoms with E-state index < -0.39 is 5.97 Å². The predicted octanol–water partition coefficient (Wildman–Crippen LogP) is 4.64. The van der Waals surface area contributed by atoms with Gasteiger partial charge in [0.25, 0.3) is 0 Å². The molecule has 0 saturated heterocycles. The number of aromatic nitrogens is 2. The molecule has 0 spiro atoms. The third kappa shape index (κ3) is 5.27. The lowest BCUT2D eigenvalue weighted by molar-refractivity contribution is -0.136. The number of halogens is 1. The Bertz CT molecular complexity index is 886. The molecule has 8 heteroatoms. The third-order valence-electron chi connectivity index (χ3n) is 3.43. The number of thiazole rings is 1. The van der Waals surface area contributed by atoms with Gasteiger partial charge in [0.05, 0.1) is 12.1 Å². The molecule has 3 aromatic rings. The summed E-state index contributed by atoms with van der Waals surface area (Å²) in [6, 6.07) is 11.7. The summed E-state index contributed by atoms with van der Waals surface area (Å²) in [5, 5.41) is 14.4. The van der Waals surface area contributed by atoms with Crippen molar-refractivity contribution in [3.8, 4) is 5.75 Å². The molecule has 0 bridgehead atoms. The fourth-order valence-corrected chi connectivity index (χ4v) is 3.23. The van der Waals surface area contributed by atoms with Crippen LogP contribution in [0.5, 0.6) is 5.75 Å². The van der Waals surface area contributed by atoms with Crippen LogP contribution in [-0.4, -0.2) is 21.0 Å². The first kappa shape index (κ1) is 18.3. The van der Waals surface area contributed by atoms with Crippen LogP contribution >= 0.6 is 27.3 Å². The van der Waals surface area contributed by atoms with E-state index in [0.29, 0.717) is 29.7 Å². The van der Waals surface area contributed by atoms with E-state index in [9.17, 15) is 4.79 Å². The molecule has 0 aliphatic carbocycles. The Morgan fingerprint density at radius 1 is 1.31 bits per heavy atom. The highest BCUT2D eigenvalue weighted by Crippen LogP contribution is 2.30. The van der Waals surface area contributed by atoms with E-state index in [-0.39, 0.29) is 6.42 Å². The number of aliphatic carboxylic acids is 1. The molecule has 0 amide bonds. The molecule has 2 N–H and O–H groups in total. The molecule has 0 aliphatic heterocycles. The van der Waals surface area contributed by atoms with Gasteiger partial charge >= 0.3 is 5.97 Å². The number of aryl methyl sites for hydroxylation is 1. The number of anilines is 2. The minimum atomic E-state index is -0.835. The average Bonchev–Trinajstić information content (AvgIpc) is 3.08. The van der Waals surface area contributed by atoms with Crippen molar-refractivity contribution in [3.05, 3.63) is 63.7 Å². The first-order valence-electron chi connectivity index (χ1n) is 7.85. The van der Waals surface area contributed by atoms with Gasteiger partial charge in [0.2, 0.25) is 0 Å². The number of nitrogens with zero attached hydrogens (tertiary/aromatic N) is 2. The Kier molecular flexibility index (Phi) is 6.19. The molecule has 6 nitrogen and oxygen atoms in total. The van der Waals surface area contributed by atoms with Crippen LogP contribution in [0.3, 0.4) is 0 Å². The van der Waals surface area contributed by atoms with E-state index >= 15 is 0 Å². The molecule has 26 heavy (non-hydrogen) atoms. The van der Waals surface area contributed by atoms with Gasteiger partial charge in [-0.15, -0.1) is 11.3 Å². The number of hydrogen-bond acceptors (Lipinski definition) is 6. The molecule has 134 valence electrons. The molecular formula is C18H16BrN3O3S. The van der Waals surface area contributed by atoms with Crippen molar-refractivity contribution in [2.24, 2.45) is 0 Å². The number of ether oxygens (including phenoxy) is 1. The van der Waals surface area contributed by atoms with Crippen LogP contribution in [-0.2, 0) is 17.8 Å². The Morgan fingerprint density at radius 2 is 2.12 bits per heavy atom. The molecule has 2 aromatic heterocycles. The molecule has 0 saturated carbocycles. The number of pyridine rings is 1. The zero-order valence-corrected chi connectivity index (χ0v) is 16.1. The van der Waals surface area contributed by atoms with E-state index in [2.05, 4.69) is 31.2 Å². The predicted molar refractivity (Wildman–Crippen MR) is 104 cm³/mol. The summed E-state index contributed by atoms with van der Waals surface area (Å²) in [6.07, 6.45) is 2.14. The molecule has 0 fully saturated rings. The lowest BCUT2D eigenvalue weighted by Crippen LogP contribution is -2.01. The molecule has 0 atom stereocenters. The van der Waals surface area contributed by atoms with Gasteiger partial charge in [-0.05, 0) is 27.6 Å². The molecule has 0 aliphatic rings. The second kappa shape index (κ2) is 8.77. The molecule has 1 aromatic carbocycles. The lowest BCUT2D eigenvalue weighted by atomic mass is 10.2. The van der Waals surface area contributed by atoms with Gasteiger partial charge in [0.15, 0.2) is 16.7 Å². The quantitative estimate of drug-likeness (QED) is 0.538. The molecular weight excluding hydrogens is 418 g/mol. The minimum Gasteiger partial charge on any atom is -0.485 e. The zero-order valence-electron chi connectivity index (χ0n) is 13.7. The van der Waals surface area contributed by atoms with E-state index in [1.165, 1.54) is 11.3 Å². The Balaban J connectivity index is 1.70. The number of carboxylic acids is 1. The van der Waals surface area contributed by atoms with Crippen LogP contribution in [0.25, 0.3) is 0 Å². The van der Waals surface area contributed by atoms with Crippen LogP contribution < -0.4 is 10.1 Å². The number of rotatable bonds is 8. The van der Waals surface area contributed by atoms with Crippen molar-refractivity contribution < 1.29 is 14.6 Å². The largest absolute Gasteiger partial charge is 0.485 e. The fraction of sp³-hybridized carbons (Fsp3) is 0.167. The summed E-state index contributed by atoms with van der Waals surface area (Å²) in [5.74, 6) is 0.326. The Morgan fingerprint density at radius 3 is 2.88 bits per heavy atom. The summed E-state index contributed by atoms with van der Waals surface area (Å²) in [4.78, 5) is 19.4. The van der Waals surface area contributed by atoms with Gasteiger partial charge in [-0.1, -0.05) is 30.3 Å². The zero-order chi connectivity index (χ0) is 18.4. The summed E-state index contributed by atoms with van der Waals surface area (Å²) >= 11 is 4.81.